The quantitative estimate of drug-likeness (QED) is 0.582. The lowest BCUT2D eigenvalue weighted by Crippen LogP contribution is -2.44. The Morgan fingerprint density at radius 1 is 1.19 bits per heavy atom. The van der Waals surface area contributed by atoms with Gasteiger partial charge in [0, 0.05) is 43.3 Å². The Morgan fingerprint density at radius 3 is 2.25 bits per heavy atom. The van der Waals surface area contributed by atoms with Gasteiger partial charge in [0.25, 0.3) is 0 Å². The zero-order chi connectivity index (χ0) is 11.6. The summed E-state index contributed by atoms with van der Waals surface area (Å²) < 4.78 is 5.34. The van der Waals surface area contributed by atoms with Crippen molar-refractivity contribution >= 4 is 27.7 Å². The summed E-state index contributed by atoms with van der Waals surface area (Å²) in [5.41, 5.74) is 0.0217. The lowest BCUT2D eigenvalue weighted by atomic mass is 9.82. The zero-order valence-corrected chi connectivity index (χ0v) is 10.8. The van der Waals surface area contributed by atoms with Gasteiger partial charge in [-0.05, 0) is 12.8 Å². The molecule has 2 fully saturated rings. The smallest absolute Gasteiger partial charge is 0.229 e. The summed E-state index contributed by atoms with van der Waals surface area (Å²) in [4.78, 5) is 24.6. The fraction of sp³-hybridized carbons (Fsp3) is 0.818. The first-order valence-electron chi connectivity index (χ1n) is 5.64. The molecular weight excluding hydrogens is 274 g/mol. The van der Waals surface area contributed by atoms with E-state index >= 15 is 0 Å². The topological polar surface area (TPSA) is 46.6 Å². The van der Waals surface area contributed by atoms with Crippen LogP contribution >= 0.6 is 15.9 Å². The van der Waals surface area contributed by atoms with Crippen molar-refractivity contribution in [1.29, 1.82) is 0 Å². The van der Waals surface area contributed by atoms with Crippen molar-refractivity contribution in [3.8, 4) is 0 Å². The number of imide groups is 1. The molecular formula is C11H16BrNO3. The van der Waals surface area contributed by atoms with E-state index in [1.165, 1.54) is 4.90 Å². The molecule has 2 amide bonds. The third kappa shape index (κ3) is 2.30. The summed E-state index contributed by atoms with van der Waals surface area (Å²) in [5, 5.41) is 0.820. The maximum Gasteiger partial charge on any atom is 0.229 e. The van der Waals surface area contributed by atoms with E-state index in [4.69, 9.17) is 4.74 Å². The number of hydrogen-bond acceptors (Lipinski definition) is 3. The number of likely N-dealkylation sites (tertiary alicyclic amines) is 1. The Labute approximate surface area is 103 Å². The van der Waals surface area contributed by atoms with Gasteiger partial charge >= 0.3 is 0 Å². The molecule has 0 unspecified atom stereocenters. The number of rotatable bonds is 3. The van der Waals surface area contributed by atoms with Crippen molar-refractivity contribution in [2.75, 3.05) is 25.1 Å². The highest BCUT2D eigenvalue weighted by Crippen LogP contribution is 2.34. The van der Waals surface area contributed by atoms with Crippen LogP contribution in [0, 0.1) is 5.41 Å². The molecule has 2 saturated heterocycles. The first-order chi connectivity index (χ1) is 7.67. The number of hydrogen-bond donors (Lipinski definition) is 0. The van der Waals surface area contributed by atoms with E-state index in [0.29, 0.717) is 19.4 Å². The van der Waals surface area contributed by atoms with Gasteiger partial charge in [0.15, 0.2) is 0 Å². The van der Waals surface area contributed by atoms with Crippen LogP contribution in [0.15, 0.2) is 0 Å². The standard InChI is InChI=1S/C11H16BrNO3/c12-7-11(3-5-16-6-4-11)8-13-9(14)1-2-10(13)15/h1-8H2. The normalized spacial score (nSPS) is 25.2. The molecule has 0 N–H and O–H groups in total. The number of amides is 2. The van der Waals surface area contributed by atoms with E-state index in [2.05, 4.69) is 15.9 Å². The molecule has 2 aliphatic heterocycles. The van der Waals surface area contributed by atoms with Crippen LogP contribution in [0.4, 0.5) is 0 Å². The summed E-state index contributed by atoms with van der Waals surface area (Å²) in [6.45, 7) is 2.00. The molecule has 0 bridgehead atoms. The van der Waals surface area contributed by atoms with Crippen molar-refractivity contribution in [3.05, 3.63) is 0 Å². The molecule has 0 aliphatic carbocycles. The first-order valence-corrected chi connectivity index (χ1v) is 6.76. The highest BCUT2D eigenvalue weighted by Gasteiger charge is 2.39. The minimum absolute atomic E-state index is 0.0168. The van der Waals surface area contributed by atoms with Gasteiger partial charge in [-0.2, -0.15) is 0 Å². The van der Waals surface area contributed by atoms with E-state index in [1.54, 1.807) is 0 Å². The van der Waals surface area contributed by atoms with Crippen LogP contribution in [-0.2, 0) is 14.3 Å². The largest absolute Gasteiger partial charge is 0.381 e. The fourth-order valence-corrected chi connectivity index (χ4v) is 3.01. The van der Waals surface area contributed by atoms with Crippen LogP contribution in [0.25, 0.3) is 0 Å². The van der Waals surface area contributed by atoms with Crippen molar-refractivity contribution in [2.24, 2.45) is 5.41 Å². The maximum atomic E-state index is 11.6. The number of carbonyl (C=O) groups is 2. The molecule has 0 aromatic heterocycles. The molecule has 2 heterocycles. The highest BCUT2D eigenvalue weighted by atomic mass is 79.9. The van der Waals surface area contributed by atoms with Gasteiger partial charge in [0.05, 0.1) is 0 Å². The summed E-state index contributed by atoms with van der Waals surface area (Å²) in [7, 11) is 0. The van der Waals surface area contributed by atoms with Gasteiger partial charge in [-0.15, -0.1) is 0 Å². The Hall–Kier alpha value is -0.420. The predicted molar refractivity (Wildman–Crippen MR) is 62.2 cm³/mol. The molecule has 0 spiro atoms. The molecule has 0 atom stereocenters. The van der Waals surface area contributed by atoms with E-state index in [0.717, 1.165) is 31.4 Å². The van der Waals surface area contributed by atoms with Crippen LogP contribution in [0.1, 0.15) is 25.7 Å². The SMILES string of the molecule is O=C1CCC(=O)N1CC1(CBr)CCOCC1. The average Bonchev–Trinajstić information content (AvgIpc) is 2.62. The summed E-state index contributed by atoms with van der Waals surface area (Å²) in [6.07, 6.45) is 2.59. The van der Waals surface area contributed by atoms with E-state index in [1.807, 2.05) is 0 Å². The van der Waals surface area contributed by atoms with Crippen LogP contribution in [-0.4, -0.2) is 41.8 Å². The van der Waals surface area contributed by atoms with Crippen LogP contribution in [0.2, 0.25) is 0 Å². The molecule has 0 aromatic rings. The Morgan fingerprint density at radius 2 is 1.75 bits per heavy atom. The van der Waals surface area contributed by atoms with Gasteiger partial charge < -0.3 is 4.74 Å². The molecule has 0 aromatic carbocycles. The van der Waals surface area contributed by atoms with Crippen LogP contribution < -0.4 is 0 Å². The Bertz CT molecular complexity index is 284. The second kappa shape index (κ2) is 4.84. The zero-order valence-electron chi connectivity index (χ0n) is 9.21. The van der Waals surface area contributed by atoms with Crippen molar-refractivity contribution in [2.45, 2.75) is 25.7 Å². The Balaban J connectivity index is 2.05. The molecule has 90 valence electrons. The number of ether oxygens (including phenoxy) is 1. The molecule has 2 aliphatic rings. The Kier molecular flexibility index (Phi) is 3.64. The molecule has 5 heteroatoms. The van der Waals surface area contributed by atoms with E-state index in [-0.39, 0.29) is 17.2 Å². The molecule has 0 radical (unpaired) electrons. The summed E-state index contributed by atoms with van der Waals surface area (Å²) >= 11 is 3.51. The van der Waals surface area contributed by atoms with Crippen molar-refractivity contribution < 1.29 is 14.3 Å². The number of halogens is 1. The average molecular weight is 290 g/mol. The van der Waals surface area contributed by atoms with Gasteiger partial charge in [-0.1, -0.05) is 15.9 Å². The highest BCUT2D eigenvalue weighted by molar-refractivity contribution is 9.09. The minimum Gasteiger partial charge on any atom is -0.381 e. The lowest BCUT2D eigenvalue weighted by Gasteiger charge is -2.38. The third-order valence-electron chi connectivity index (χ3n) is 3.49. The summed E-state index contributed by atoms with van der Waals surface area (Å²) in [6, 6.07) is 0. The second-order valence-corrected chi connectivity index (χ2v) is 5.18. The van der Waals surface area contributed by atoms with Crippen LogP contribution in [0.3, 0.4) is 0 Å². The predicted octanol–water partition coefficient (Wildman–Crippen LogP) is 1.33. The minimum atomic E-state index is -0.0168. The molecule has 2 rings (SSSR count). The van der Waals surface area contributed by atoms with Gasteiger partial charge in [-0.25, -0.2) is 0 Å². The lowest BCUT2D eigenvalue weighted by molar-refractivity contribution is -0.141. The van der Waals surface area contributed by atoms with Gasteiger partial charge in [0.1, 0.15) is 0 Å². The van der Waals surface area contributed by atoms with Gasteiger partial charge in [0.2, 0.25) is 11.8 Å². The fourth-order valence-electron chi connectivity index (χ4n) is 2.27. The van der Waals surface area contributed by atoms with Crippen LogP contribution in [0.5, 0.6) is 0 Å². The van der Waals surface area contributed by atoms with Gasteiger partial charge in [-0.3, -0.25) is 14.5 Å². The summed E-state index contributed by atoms with van der Waals surface area (Å²) in [5.74, 6) is -0.0337. The number of alkyl halides is 1. The number of nitrogens with zero attached hydrogens (tertiary/aromatic N) is 1. The molecule has 16 heavy (non-hydrogen) atoms. The molecule has 4 nitrogen and oxygen atoms in total. The number of carbonyl (C=O) groups excluding carboxylic acids is 2. The molecule has 0 saturated carbocycles. The third-order valence-corrected chi connectivity index (χ3v) is 4.67. The van der Waals surface area contributed by atoms with E-state index < -0.39 is 0 Å². The van der Waals surface area contributed by atoms with Crippen molar-refractivity contribution in [1.82, 2.24) is 4.90 Å². The van der Waals surface area contributed by atoms with E-state index in [9.17, 15) is 9.59 Å². The second-order valence-electron chi connectivity index (χ2n) is 4.62. The first kappa shape index (κ1) is 12.0. The monoisotopic (exact) mass is 289 g/mol. The van der Waals surface area contributed by atoms with Crippen molar-refractivity contribution in [3.63, 3.8) is 0 Å². The maximum absolute atomic E-state index is 11.6.